The largest absolute Gasteiger partial charge is 0.480 e. The number of nitrogen functional groups attached to an aromatic ring is 1. The average Bonchev–Trinajstić information content (AvgIpc) is 2.48. The first-order valence-corrected chi connectivity index (χ1v) is 7.40. The van der Waals surface area contributed by atoms with Crippen LogP contribution in [0.3, 0.4) is 0 Å². The lowest BCUT2D eigenvalue weighted by Gasteiger charge is -2.22. The number of Topliss-reactive ketones (excluding diaryl/α,β-unsaturated/α-hetero) is 1. The molecule has 1 aromatic rings. The highest BCUT2D eigenvalue weighted by atomic mass is 16.4. The first-order chi connectivity index (χ1) is 9.99. The maximum atomic E-state index is 12.2. The van der Waals surface area contributed by atoms with Gasteiger partial charge in [-0.15, -0.1) is 0 Å². The number of hydrogen-bond donors (Lipinski definition) is 3. The first-order valence-electron chi connectivity index (χ1n) is 7.40. The van der Waals surface area contributed by atoms with Crippen LogP contribution in [-0.4, -0.2) is 22.9 Å². The molecule has 0 bridgehead atoms. The van der Waals surface area contributed by atoms with Gasteiger partial charge in [-0.25, -0.2) is 0 Å². The van der Waals surface area contributed by atoms with Crippen molar-refractivity contribution in [1.29, 1.82) is 0 Å². The molecule has 1 aromatic carbocycles. The predicted octanol–water partition coefficient (Wildman–Crippen LogP) is 2.30. The second-order valence-electron chi connectivity index (χ2n) is 5.75. The summed E-state index contributed by atoms with van der Waals surface area (Å²) in [6.07, 6.45) is 5.72. The Hall–Kier alpha value is -1.88. The summed E-state index contributed by atoms with van der Waals surface area (Å²) in [6, 6.07) is 4.35. The number of carboxylic acid groups (broad SMARTS) is 1. The van der Waals surface area contributed by atoms with E-state index in [0.717, 1.165) is 18.4 Å². The summed E-state index contributed by atoms with van der Waals surface area (Å²) in [4.78, 5) is 22.9. The Morgan fingerprint density at radius 1 is 1.24 bits per heavy atom. The zero-order chi connectivity index (χ0) is 15.4. The number of nitrogens with two attached hydrogens (primary N) is 2. The number of benzene rings is 1. The Labute approximate surface area is 124 Å². The topological polar surface area (TPSA) is 106 Å². The van der Waals surface area contributed by atoms with Crippen LogP contribution in [0.4, 0.5) is 5.69 Å². The van der Waals surface area contributed by atoms with Crippen LogP contribution >= 0.6 is 0 Å². The molecule has 114 valence electrons. The van der Waals surface area contributed by atoms with Crippen LogP contribution in [0.2, 0.25) is 0 Å². The fraction of sp³-hybridized carbons (Fsp3) is 0.500. The summed E-state index contributed by atoms with van der Waals surface area (Å²) < 4.78 is 0. The number of carboxylic acids is 1. The minimum atomic E-state index is -1.18. The Bertz CT molecular complexity index is 536. The van der Waals surface area contributed by atoms with Crippen molar-refractivity contribution in [3.8, 4) is 0 Å². The molecular weight excluding hydrogens is 268 g/mol. The van der Waals surface area contributed by atoms with Gasteiger partial charge in [-0.1, -0.05) is 25.3 Å². The molecule has 1 fully saturated rings. The fourth-order valence-electron chi connectivity index (χ4n) is 2.90. The van der Waals surface area contributed by atoms with Gasteiger partial charge in [0.15, 0.2) is 5.78 Å². The van der Waals surface area contributed by atoms with Gasteiger partial charge in [-0.3, -0.25) is 9.59 Å². The van der Waals surface area contributed by atoms with E-state index in [1.54, 1.807) is 6.07 Å². The molecule has 0 spiro atoms. The van der Waals surface area contributed by atoms with E-state index in [2.05, 4.69) is 0 Å². The summed E-state index contributed by atoms with van der Waals surface area (Å²) in [5, 5.41) is 8.80. The zero-order valence-electron chi connectivity index (χ0n) is 12.0. The van der Waals surface area contributed by atoms with E-state index in [4.69, 9.17) is 16.6 Å². The Morgan fingerprint density at radius 3 is 2.52 bits per heavy atom. The van der Waals surface area contributed by atoms with Crippen LogP contribution in [0.15, 0.2) is 18.2 Å². The highest BCUT2D eigenvalue weighted by Gasteiger charge is 2.21. The summed E-state index contributed by atoms with van der Waals surface area (Å²) in [5.41, 5.74) is 13.2. The smallest absolute Gasteiger partial charge is 0.320 e. The van der Waals surface area contributed by atoms with Crippen molar-refractivity contribution >= 4 is 17.4 Å². The third kappa shape index (κ3) is 3.82. The third-order valence-electron chi connectivity index (χ3n) is 4.18. The van der Waals surface area contributed by atoms with E-state index in [9.17, 15) is 9.59 Å². The lowest BCUT2D eigenvalue weighted by atomic mass is 9.83. The summed E-state index contributed by atoms with van der Waals surface area (Å²) >= 11 is 0. The highest BCUT2D eigenvalue weighted by Crippen LogP contribution is 2.34. The standard InChI is InChI=1S/C16H22N2O3/c17-13-7-6-11(10-4-2-1-3-5-10)8-12(13)15(19)9-14(18)16(20)21/h6-8,10,14H,1-5,9,17-18H2,(H,20,21). The van der Waals surface area contributed by atoms with E-state index in [-0.39, 0.29) is 12.2 Å². The maximum Gasteiger partial charge on any atom is 0.320 e. The van der Waals surface area contributed by atoms with E-state index < -0.39 is 12.0 Å². The molecule has 0 heterocycles. The molecule has 0 aromatic heterocycles. The molecule has 2 rings (SSSR count). The molecular formula is C16H22N2O3. The third-order valence-corrected chi connectivity index (χ3v) is 4.18. The number of rotatable bonds is 5. The van der Waals surface area contributed by atoms with Crippen LogP contribution in [-0.2, 0) is 4.79 Å². The molecule has 0 aliphatic heterocycles. The molecule has 0 saturated heterocycles. The van der Waals surface area contributed by atoms with Gasteiger partial charge in [-0.05, 0) is 36.5 Å². The monoisotopic (exact) mass is 290 g/mol. The van der Waals surface area contributed by atoms with E-state index in [0.29, 0.717) is 17.2 Å². The van der Waals surface area contributed by atoms with Crippen molar-refractivity contribution in [3.63, 3.8) is 0 Å². The second kappa shape index (κ2) is 6.72. The van der Waals surface area contributed by atoms with Crippen LogP contribution < -0.4 is 11.5 Å². The van der Waals surface area contributed by atoms with E-state index >= 15 is 0 Å². The van der Waals surface area contributed by atoms with Gasteiger partial charge in [0.2, 0.25) is 0 Å². The molecule has 5 N–H and O–H groups in total. The SMILES string of the molecule is Nc1ccc(C2CCCCC2)cc1C(=O)CC(N)C(=O)O. The Kier molecular flexibility index (Phi) is 4.96. The van der Waals surface area contributed by atoms with Gasteiger partial charge in [0.25, 0.3) is 0 Å². The summed E-state index contributed by atoms with van der Waals surface area (Å²) in [7, 11) is 0. The van der Waals surface area contributed by atoms with Crippen molar-refractivity contribution in [2.24, 2.45) is 5.73 Å². The lowest BCUT2D eigenvalue weighted by Crippen LogP contribution is -2.32. The first kappa shape index (κ1) is 15.5. The number of ketones is 1. The number of anilines is 1. The zero-order valence-corrected chi connectivity index (χ0v) is 12.0. The normalized spacial score (nSPS) is 17.4. The minimum absolute atomic E-state index is 0.229. The lowest BCUT2D eigenvalue weighted by molar-refractivity contribution is -0.138. The van der Waals surface area contributed by atoms with Gasteiger partial charge in [-0.2, -0.15) is 0 Å². The molecule has 1 atom stereocenters. The van der Waals surface area contributed by atoms with Gasteiger partial charge < -0.3 is 16.6 Å². The highest BCUT2D eigenvalue weighted by molar-refractivity contribution is 6.02. The van der Waals surface area contributed by atoms with Gasteiger partial charge in [0, 0.05) is 17.7 Å². The number of aliphatic carboxylic acids is 1. The summed E-state index contributed by atoms with van der Waals surface area (Å²) in [5.74, 6) is -1.01. The van der Waals surface area contributed by atoms with Gasteiger partial charge in [0.05, 0.1) is 0 Å². The molecule has 0 radical (unpaired) electrons. The molecule has 1 unspecified atom stereocenters. The number of carbonyl (C=O) groups is 2. The van der Waals surface area contributed by atoms with E-state index in [1.807, 2.05) is 12.1 Å². The van der Waals surface area contributed by atoms with Crippen LogP contribution in [0, 0.1) is 0 Å². The Morgan fingerprint density at radius 2 is 1.90 bits per heavy atom. The van der Waals surface area contributed by atoms with Crippen molar-refractivity contribution in [1.82, 2.24) is 0 Å². The van der Waals surface area contributed by atoms with Gasteiger partial charge in [0.1, 0.15) is 6.04 Å². The maximum absolute atomic E-state index is 12.2. The molecule has 1 saturated carbocycles. The van der Waals surface area contributed by atoms with Crippen molar-refractivity contribution in [3.05, 3.63) is 29.3 Å². The van der Waals surface area contributed by atoms with Crippen LogP contribution in [0.1, 0.15) is 60.4 Å². The molecule has 1 aliphatic carbocycles. The quantitative estimate of drug-likeness (QED) is 0.570. The molecule has 1 aliphatic rings. The fourth-order valence-corrected chi connectivity index (χ4v) is 2.90. The second-order valence-corrected chi connectivity index (χ2v) is 5.75. The van der Waals surface area contributed by atoms with Crippen molar-refractivity contribution in [2.75, 3.05) is 5.73 Å². The molecule has 5 heteroatoms. The van der Waals surface area contributed by atoms with Crippen molar-refractivity contribution in [2.45, 2.75) is 50.5 Å². The predicted molar refractivity (Wildman–Crippen MR) is 81.2 cm³/mol. The average molecular weight is 290 g/mol. The van der Waals surface area contributed by atoms with Crippen LogP contribution in [0.25, 0.3) is 0 Å². The molecule has 5 nitrogen and oxygen atoms in total. The van der Waals surface area contributed by atoms with Crippen molar-refractivity contribution < 1.29 is 14.7 Å². The molecule has 0 amide bonds. The minimum Gasteiger partial charge on any atom is -0.480 e. The summed E-state index contributed by atoms with van der Waals surface area (Å²) in [6.45, 7) is 0. The number of hydrogen-bond acceptors (Lipinski definition) is 4. The molecule has 21 heavy (non-hydrogen) atoms. The number of carbonyl (C=O) groups excluding carboxylic acids is 1. The van der Waals surface area contributed by atoms with E-state index in [1.165, 1.54) is 19.3 Å². The Balaban J connectivity index is 2.18. The van der Waals surface area contributed by atoms with Gasteiger partial charge >= 0.3 is 5.97 Å². The van der Waals surface area contributed by atoms with Crippen LogP contribution in [0.5, 0.6) is 0 Å².